The van der Waals surface area contributed by atoms with Crippen molar-refractivity contribution in [1.29, 1.82) is 0 Å². The standard InChI is InChI=1S/C18H25NO2/c1-4-16(5-2)18(21)19-14(3)17-11-9-15(10-12-17)8-6-7-13-20/h9-12,14,16,20H,4-5,7,13H2,1-3H3,(H,19,21). The van der Waals surface area contributed by atoms with Crippen molar-refractivity contribution in [2.45, 2.75) is 46.1 Å². The normalized spacial score (nSPS) is 11.7. The number of carbonyl (C=O) groups excluding carboxylic acids is 1. The summed E-state index contributed by atoms with van der Waals surface area (Å²) in [5.41, 5.74) is 1.99. The summed E-state index contributed by atoms with van der Waals surface area (Å²) in [7, 11) is 0. The largest absolute Gasteiger partial charge is 0.395 e. The minimum absolute atomic E-state index is 0.00227. The second-order valence-electron chi connectivity index (χ2n) is 5.14. The first-order valence-corrected chi connectivity index (χ1v) is 7.62. The summed E-state index contributed by atoms with van der Waals surface area (Å²) in [4.78, 5) is 12.1. The topological polar surface area (TPSA) is 49.3 Å². The quantitative estimate of drug-likeness (QED) is 0.790. The SMILES string of the molecule is CCC(CC)C(=O)NC(C)c1ccc(C#CCCO)cc1. The average molecular weight is 287 g/mol. The molecule has 0 aliphatic heterocycles. The van der Waals surface area contributed by atoms with Gasteiger partial charge in [-0.05, 0) is 37.5 Å². The molecule has 1 aromatic carbocycles. The summed E-state index contributed by atoms with van der Waals surface area (Å²) in [6.45, 7) is 6.16. The summed E-state index contributed by atoms with van der Waals surface area (Å²) in [6.07, 6.45) is 2.23. The monoisotopic (exact) mass is 287 g/mol. The first kappa shape index (κ1) is 17.3. The van der Waals surface area contributed by atoms with Gasteiger partial charge in [-0.1, -0.05) is 37.8 Å². The van der Waals surface area contributed by atoms with Crippen molar-refractivity contribution in [1.82, 2.24) is 5.32 Å². The van der Waals surface area contributed by atoms with E-state index in [1.165, 1.54) is 0 Å². The van der Waals surface area contributed by atoms with Crippen LogP contribution < -0.4 is 5.32 Å². The lowest BCUT2D eigenvalue weighted by Crippen LogP contribution is -2.32. The fraction of sp³-hybridized carbons (Fsp3) is 0.500. The maximum atomic E-state index is 12.1. The van der Waals surface area contributed by atoms with Crippen LogP contribution in [-0.2, 0) is 4.79 Å². The fourth-order valence-electron chi connectivity index (χ4n) is 2.15. The Kier molecular flexibility index (Phi) is 7.56. The molecule has 3 nitrogen and oxygen atoms in total. The Balaban J connectivity index is 2.65. The lowest BCUT2D eigenvalue weighted by molar-refractivity contribution is -0.125. The van der Waals surface area contributed by atoms with Crippen molar-refractivity contribution < 1.29 is 9.90 Å². The van der Waals surface area contributed by atoms with E-state index in [4.69, 9.17) is 5.11 Å². The Hall–Kier alpha value is -1.79. The molecular formula is C18H25NO2. The van der Waals surface area contributed by atoms with Gasteiger partial charge in [-0.2, -0.15) is 0 Å². The van der Waals surface area contributed by atoms with Gasteiger partial charge in [0.1, 0.15) is 0 Å². The predicted molar refractivity (Wildman–Crippen MR) is 85.7 cm³/mol. The van der Waals surface area contributed by atoms with E-state index in [-0.39, 0.29) is 24.5 Å². The van der Waals surface area contributed by atoms with Gasteiger partial charge in [0.2, 0.25) is 5.91 Å². The molecule has 3 heteroatoms. The smallest absolute Gasteiger partial charge is 0.223 e. The van der Waals surface area contributed by atoms with Crippen molar-refractivity contribution >= 4 is 5.91 Å². The van der Waals surface area contributed by atoms with E-state index in [2.05, 4.69) is 17.2 Å². The number of hydrogen-bond donors (Lipinski definition) is 2. The van der Waals surface area contributed by atoms with Crippen LogP contribution in [0.3, 0.4) is 0 Å². The van der Waals surface area contributed by atoms with E-state index in [1.807, 2.05) is 45.0 Å². The molecule has 2 N–H and O–H groups in total. The highest BCUT2D eigenvalue weighted by Crippen LogP contribution is 2.15. The van der Waals surface area contributed by atoms with Crippen LogP contribution in [0.25, 0.3) is 0 Å². The summed E-state index contributed by atoms with van der Waals surface area (Å²) >= 11 is 0. The molecular weight excluding hydrogens is 262 g/mol. The zero-order valence-electron chi connectivity index (χ0n) is 13.1. The number of benzene rings is 1. The first-order chi connectivity index (χ1) is 10.1. The van der Waals surface area contributed by atoms with Gasteiger partial charge in [-0.15, -0.1) is 0 Å². The Morgan fingerprint density at radius 3 is 2.38 bits per heavy atom. The van der Waals surface area contributed by atoms with E-state index in [0.29, 0.717) is 6.42 Å². The van der Waals surface area contributed by atoms with Crippen molar-refractivity contribution in [3.05, 3.63) is 35.4 Å². The molecule has 0 radical (unpaired) electrons. The van der Waals surface area contributed by atoms with Crippen molar-refractivity contribution in [3.8, 4) is 11.8 Å². The molecule has 0 saturated heterocycles. The predicted octanol–water partition coefficient (Wildman–Crippen LogP) is 3.03. The summed E-state index contributed by atoms with van der Waals surface area (Å²) < 4.78 is 0. The minimum Gasteiger partial charge on any atom is -0.395 e. The minimum atomic E-state index is -0.00227. The molecule has 1 rings (SSSR count). The van der Waals surface area contributed by atoms with Gasteiger partial charge < -0.3 is 10.4 Å². The Morgan fingerprint density at radius 1 is 1.24 bits per heavy atom. The fourth-order valence-corrected chi connectivity index (χ4v) is 2.15. The van der Waals surface area contributed by atoms with Gasteiger partial charge >= 0.3 is 0 Å². The van der Waals surface area contributed by atoms with Crippen LogP contribution in [0.15, 0.2) is 24.3 Å². The number of aliphatic hydroxyl groups is 1. The van der Waals surface area contributed by atoms with Crippen LogP contribution >= 0.6 is 0 Å². The average Bonchev–Trinajstić information content (AvgIpc) is 2.49. The van der Waals surface area contributed by atoms with Crippen LogP contribution in [-0.4, -0.2) is 17.6 Å². The van der Waals surface area contributed by atoms with Crippen LogP contribution in [0.1, 0.15) is 57.2 Å². The lowest BCUT2D eigenvalue weighted by Gasteiger charge is -2.18. The molecule has 0 fully saturated rings. The van der Waals surface area contributed by atoms with Gasteiger partial charge in [0.15, 0.2) is 0 Å². The summed E-state index contributed by atoms with van der Waals surface area (Å²) in [6, 6.07) is 7.86. The van der Waals surface area contributed by atoms with Gasteiger partial charge in [0, 0.05) is 17.9 Å². The first-order valence-electron chi connectivity index (χ1n) is 7.62. The van der Waals surface area contributed by atoms with Gasteiger partial charge in [0.25, 0.3) is 0 Å². The van der Waals surface area contributed by atoms with E-state index in [9.17, 15) is 4.79 Å². The second kappa shape index (κ2) is 9.20. The molecule has 1 aromatic rings. The van der Waals surface area contributed by atoms with Crippen LogP contribution in [0.5, 0.6) is 0 Å². The van der Waals surface area contributed by atoms with Crippen molar-refractivity contribution in [3.63, 3.8) is 0 Å². The third-order valence-electron chi connectivity index (χ3n) is 3.60. The lowest BCUT2D eigenvalue weighted by atomic mass is 10.0. The molecule has 0 bridgehead atoms. The Morgan fingerprint density at radius 2 is 1.86 bits per heavy atom. The molecule has 0 saturated carbocycles. The van der Waals surface area contributed by atoms with Crippen LogP contribution in [0, 0.1) is 17.8 Å². The molecule has 0 heterocycles. The molecule has 114 valence electrons. The van der Waals surface area contributed by atoms with Gasteiger partial charge in [-0.3, -0.25) is 4.79 Å². The highest BCUT2D eigenvalue weighted by Gasteiger charge is 2.16. The highest BCUT2D eigenvalue weighted by atomic mass is 16.2. The maximum Gasteiger partial charge on any atom is 0.223 e. The zero-order valence-corrected chi connectivity index (χ0v) is 13.1. The van der Waals surface area contributed by atoms with E-state index in [1.54, 1.807) is 0 Å². The number of rotatable bonds is 6. The molecule has 0 aliphatic rings. The van der Waals surface area contributed by atoms with Crippen molar-refractivity contribution in [2.24, 2.45) is 5.92 Å². The molecule has 1 amide bonds. The molecule has 1 atom stereocenters. The van der Waals surface area contributed by atoms with Gasteiger partial charge in [0.05, 0.1) is 12.6 Å². The van der Waals surface area contributed by atoms with E-state index < -0.39 is 0 Å². The van der Waals surface area contributed by atoms with E-state index in [0.717, 1.165) is 24.0 Å². The third kappa shape index (κ3) is 5.61. The zero-order chi connectivity index (χ0) is 15.7. The molecule has 0 aliphatic carbocycles. The third-order valence-corrected chi connectivity index (χ3v) is 3.60. The summed E-state index contributed by atoms with van der Waals surface area (Å²) in [5, 5.41) is 11.7. The molecule has 0 spiro atoms. The molecule has 0 aromatic heterocycles. The maximum absolute atomic E-state index is 12.1. The Labute approximate surface area is 127 Å². The van der Waals surface area contributed by atoms with E-state index >= 15 is 0 Å². The van der Waals surface area contributed by atoms with Crippen LogP contribution in [0.4, 0.5) is 0 Å². The second-order valence-corrected chi connectivity index (χ2v) is 5.14. The van der Waals surface area contributed by atoms with Gasteiger partial charge in [-0.25, -0.2) is 0 Å². The van der Waals surface area contributed by atoms with Crippen LogP contribution in [0.2, 0.25) is 0 Å². The number of hydrogen-bond acceptors (Lipinski definition) is 2. The number of amides is 1. The number of carbonyl (C=O) groups is 1. The summed E-state index contributed by atoms with van der Waals surface area (Å²) in [5.74, 6) is 6.10. The molecule has 21 heavy (non-hydrogen) atoms. The number of nitrogens with one attached hydrogen (secondary N) is 1. The number of aliphatic hydroxyl groups excluding tert-OH is 1. The highest BCUT2D eigenvalue weighted by molar-refractivity contribution is 5.78. The molecule has 1 unspecified atom stereocenters. The Bertz CT molecular complexity index is 492. The van der Waals surface area contributed by atoms with Crippen molar-refractivity contribution in [2.75, 3.05) is 6.61 Å².